The number of hydrogen-bond acceptors (Lipinski definition) is 8. The van der Waals surface area contributed by atoms with Gasteiger partial charge in [0.25, 0.3) is 5.91 Å². The normalized spacial score (nSPS) is 12.0. The lowest BCUT2D eigenvalue weighted by Crippen LogP contribution is -2.48. The number of benzene rings is 3. The largest absolute Gasteiger partial charge is 0.478 e. The number of carboxylic acid groups (broad SMARTS) is 1. The van der Waals surface area contributed by atoms with Gasteiger partial charge >= 0.3 is 23.9 Å². The van der Waals surface area contributed by atoms with Crippen LogP contribution in [0.2, 0.25) is 0 Å². The molecule has 0 aliphatic heterocycles. The quantitative estimate of drug-likeness (QED) is 0.292. The van der Waals surface area contributed by atoms with Gasteiger partial charge in [-0.05, 0) is 63.2 Å². The van der Waals surface area contributed by atoms with Crippen molar-refractivity contribution in [1.82, 2.24) is 0 Å². The van der Waals surface area contributed by atoms with Crippen molar-refractivity contribution in [2.75, 3.05) is 11.9 Å². The fourth-order valence-electron chi connectivity index (χ4n) is 3.56. The Bertz CT molecular complexity index is 1400. The van der Waals surface area contributed by atoms with E-state index < -0.39 is 42.0 Å². The summed E-state index contributed by atoms with van der Waals surface area (Å²) in [5.41, 5.74) is 1.78. The summed E-state index contributed by atoms with van der Waals surface area (Å²) in [7, 11) is 0. The van der Waals surface area contributed by atoms with E-state index in [-0.39, 0.29) is 29.0 Å². The summed E-state index contributed by atoms with van der Waals surface area (Å²) in [5.74, 6) is -5.47. The van der Waals surface area contributed by atoms with E-state index in [1.54, 1.807) is 45.0 Å². The van der Waals surface area contributed by atoms with Crippen molar-refractivity contribution < 1.29 is 43.3 Å². The van der Waals surface area contributed by atoms with Crippen LogP contribution in [-0.4, -0.2) is 53.7 Å². The molecule has 3 aromatic carbocycles. The number of esters is 3. The average molecular weight is 534 g/mol. The maximum atomic E-state index is 13.3. The van der Waals surface area contributed by atoms with Gasteiger partial charge in [0.15, 0.2) is 0 Å². The van der Waals surface area contributed by atoms with Crippen LogP contribution >= 0.6 is 0 Å². The highest BCUT2D eigenvalue weighted by Crippen LogP contribution is 2.18. The van der Waals surface area contributed by atoms with Gasteiger partial charge in [-0.3, -0.25) is 4.79 Å². The van der Waals surface area contributed by atoms with Gasteiger partial charge < -0.3 is 24.6 Å². The molecule has 10 heteroatoms. The zero-order valence-electron chi connectivity index (χ0n) is 21.5. The van der Waals surface area contributed by atoms with E-state index in [2.05, 4.69) is 5.32 Å². The lowest BCUT2D eigenvalue weighted by molar-refractivity contribution is -0.157. The number of carboxylic acids is 1. The number of amides is 1. The van der Waals surface area contributed by atoms with E-state index >= 15 is 0 Å². The molecule has 202 valence electrons. The molecule has 0 heterocycles. The second-order valence-corrected chi connectivity index (χ2v) is 8.52. The Balaban J connectivity index is 1.93. The van der Waals surface area contributed by atoms with E-state index in [9.17, 15) is 29.1 Å². The van der Waals surface area contributed by atoms with E-state index in [0.29, 0.717) is 0 Å². The van der Waals surface area contributed by atoms with Gasteiger partial charge in [0.05, 0.1) is 23.3 Å². The number of carbonyl (C=O) groups is 5. The van der Waals surface area contributed by atoms with Crippen LogP contribution in [-0.2, 0) is 23.8 Å². The first kappa shape index (κ1) is 28.6. The number of anilines is 1. The topological polar surface area (TPSA) is 145 Å². The first-order chi connectivity index (χ1) is 18.6. The van der Waals surface area contributed by atoms with Crippen molar-refractivity contribution in [3.8, 4) is 0 Å². The Hall–Kier alpha value is -4.99. The highest BCUT2D eigenvalue weighted by atomic mass is 16.6. The third-order valence-corrected chi connectivity index (χ3v) is 5.39. The first-order valence-electron chi connectivity index (χ1n) is 11.9. The molecule has 3 rings (SSSR count). The number of aryl methyl sites for hydroxylation is 2. The number of rotatable bonds is 10. The molecule has 0 aliphatic rings. The van der Waals surface area contributed by atoms with Crippen LogP contribution < -0.4 is 5.32 Å². The molecule has 0 saturated heterocycles. The predicted octanol–water partition coefficient (Wildman–Crippen LogP) is 3.95. The highest BCUT2D eigenvalue weighted by molar-refractivity contribution is 6.02. The summed E-state index contributed by atoms with van der Waals surface area (Å²) < 4.78 is 15.5. The monoisotopic (exact) mass is 533 g/mol. The van der Waals surface area contributed by atoms with Gasteiger partial charge in [0, 0.05) is 5.69 Å². The summed E-state index contributed by atoms with van der Waals surface area (Å²) in [6.45, 7) is 5.25. The maximum absolute atomic E-state index is 13.3. The number of carbonyl (C=O) groups excluding carboxylic acids is 4. The minimum atomic E-state index is -2.19. The highest BCUT2D eigenvalue weighted by Gasteiger charge is 2.41. The number of ether oxygens (including phenoxy) is 3. The zero-order valence-corrected chi connectivity index (χ0v) is 21.5. The van der Waals surface area contributed by atoms with Crippen molar-refractivity contribution in [2.24, 2.45) is 0 Å². The SMILES string of the molecule is CCOC(=O)c1cccc(NC(=O)[C@H](OC(=O)c2cccc(C)c2)[C@@H](OC(=O)c2cccc(C)c2)C(=O)O)c1. The molecule has 0 saturated carbocycles. The summed E-state index contributed by atoms with van der Waals surface area (Å²) >= 11 is 0. The lowest BCUT2D eigenvalue weighted by atomic mass is 10.1. The molecule has 2 atom stereocenters. The standard InChI is InChI=1S/C29H27NO9/c1-4-37-27(34)21-12-7-13-22(16-21)30-25(31)23(38-28(35)19-10-5-8-17(2)14-19)24(26(32)33)39-29(36)20-11-6-9-18(3)15-20/h5-16,23-24H,4H2,1-3H3,(H,30,31)(H,32,33)/t23-,24-/m1/s1. The number of nitrogens with one attached hydrogen (secondary N) is 1. The molecule has 0 aromatic heterocycles. The molecule has 0 radical (unpaired) electrons. The van der Waals surface area contributed by atoms with Gasteiger partial charge in [-0.25, -0.2) is 19.2 Å². The van der Waals surface area contributed by atoms with Crippen LogP contribution in [0.5, 0.6) is 0 Å². The molecule has 0 unspecified atom stereocenters. The third kappa shape index (κ3) is 7.75. The van der Waals surface area contributed by atoms with Crippen molar-refractivity contribution in [3.05, 3.63) is 101 Å². The molecule has 0 fully saturated rings. The minimum absolute atomic E-state index is 0.0487. The van der Waals surface area contributed by atoms with E-state index in [4.69, 9.17) is 14.2 Å². The molecule has 2 N–H and O–H groups in total. The Labute approximate surface area is 224 Å². The van der Waals surface area contributed by atoms with Gasteiger partial charge in [0.1, 0.15) is 0 Å². The fourth-order valence-corrected chi connectivity index (χ4v) is 3.56. The van der Waals surface area contributed by atoms with Crippen molar-refractivity contribution in [3.63, 3.8) is 0 Å². The third-order valence-electron chi connectivity index (χ3n) is 5.39. The molecular formula is C29H27NO9. The second-order valence-electron chi connectivity index (χ2n) is 8.52. The molecule has 0 spiro atoms. The smallest absolute Gasteiger partial charge is 0.349 e. The van der Waals surface area contributed by atoms with Crippen LogP contribution in [0.15, 0.2) is 72.8 Å². The van der Waals surface area contributed by atoms with Gasteiger partial charge in [-0.15, -0.1) is 0 Å². The van der Waals surface area contributed by atoms with E-state index in [1.807, 2.05) is 0 Å². The maximum Gasteiger partial charge on any atom is 0.349 e. The van der Waals surface area contributed by atoms with Crippen molar-refractivity contribution in [2.45, 2.75) is 33.0 Å². The summed E-state index contributed by atoms with van der Waals surface area (Å²) in [4.78, 5) is 63.3. The van der Waals surface area contributed by atoms with Crippen LogP contribution in [0.3, 0.4) is 0 Å². The summed E-state index contributed by atoms with van der Waals surface area (Å²) in [5, 5.41) is 12.3. The average Bonchev–Trinajstić information content (AvgIpc) is 2.90. The Kier molecular flexibility index (Phi) is 9.53. The van der Waals surface area contributed by atoms with Crippen LogP contribution in [0.25, 0.3) is 0 Å². The summed E-state index contributed by atoms with van der Waals surface area (Å²) in [6, 6.07) is 18.2. The molecule has 39 heavy (non-hydrogen) atoms. The zero-order chi connectivity index (χ0) is 28.5. The summed E-state index contributed by atoms with van der Waals surface area (Å²) in [6.07, 6.45) is -4.28. The van der Waals surface area contributed by atoms with Gasteiger partial charge in [-0.2, -0.15) is 0 Å². The predicted molar refractivity (Wildman–Crippen MR) is 139 cm³/mol. The van der Waals surface area contributed by atoms with Crippen LogP contribution in [0, 0.1) is 13.8 Å². The van der Waals surface area contributed by atoms with E-state index in [1.165, 1.54) is 48.5 Å². The van der Waals surface area contributed by atoms with Crippen molar-refractivity contribution in [1.29, 1.82) is 0 Å². The molecule has 3 aromatic rings. The second kappa shape index (κ2) is 13.0. The van der Waals surface area contributed by atoms with Crippen molar-refractivity contribution >= 4 is 35.5 Å². The molecule has 1 amide bonds. The minimum Gasteiger partial charge on any atom is -0.478 e. The molecule has 0 bridgehead atoms. The Morgan fingerprint density at radius 1 is 0.718 bits per heavy atom. The van der Waals surface area contributed by atoms with E-state index in [0.717, 1.165) is 11.1 Å². The number of hydrogen-bond donors (Lipinski definition) is 2. The molecular weight excluding hydrogens is 506 g/mol. The first-order valence-corrected chi connectivity index (χ1v) is 11.9. The van der Waals surface area contributed by atoms with Crippen LogP contribution in [0.1, 0.15) is 49.1 Å². The van der Waals surface area contributed by atoms with Gasteiger partial charge in [0.2, 0.25) is 12.2 Å². The Morgan fingerprint density at radius 2 is 1.21 bits per heavy atom. The Morgan fingerprint density at radius 3 is 1.69 bits per heavy atom. The number of aliphatic carboxylic acids is 1. The van der Waals surface area contributed by atoms with Crippen LogP contribution in [0.4, 0.5) is 5.69 Å². The molecule has 0 aliphatic carbocycles. The fraction of sp³-hybridized carbons (Fsp3) is 0.207. The molecule has 10 nitrogen and oxygen atoms in total. The lowest BCUT2D eigenvalue weighted by Gasteiger charge is -2.23. The van der Waals surface area contributed by atoms with Gasteiger partial charge in [-0.1, -0.05) is 41.5 Å².